The van der Waals surface area contributed by atoms with Crippen LogP contribution in [0.5, 0.6) is 0 Å². The lowest BCUT2D eigenvalue weighted by molar-refractivity contribution is -0.139. The van der Waals surface area contributed by atoms with Crippen molar-refractivity contribution in [2.75, 3.05) is 19.7 Å². The molecule has 0 aliphatic rings. The zero-order chi connectivity index (χ0) is 18.0. The summed E-state index contributed by atoms with van der Waals surface area (Å²) in [6, 6.07) is 0. The number of nitrogens with zero attached hydrogens (tertiary/aromatic N) is 1. The Balaban J connectivity index is 4.27. The van der Waals surface area contributed by atoms with Gasteiger partial charge in [-0.2, -0.15) is 0 Å². The molecule has 0 fully saturated rings. The van der Waals surface area contributed by atoms with Crippen LogP contribution in [0.3, 0.4) is 0 Å². The van der Waals surface area contributed by atoms with Crippen LogP contribution in [0.15, 0.2) is 0 Å². The van der Waals surface area contributed by atoms with Crippen LogP contribution < -0.4 is 5.32 Å². The lowest BCUT2D eigenvalue weighted by Gasteiger charge is -2.25. The van der Waals surface area contributed by atoms with Gasteiger partial charge in [0.25, 0.3) is 0 Å². The normalized spacial score (nSPS) is 12.8. The van der Waals surface area contributed by atoms with Crippen LogP contribution in [0.25, 0.3) is 0 Å². The van der Waals surface area contributed by atoms with E-state index in [9.17, 15) is 14.4 Å². The molecule has 23 heavy (non-hydrogen) atoms. The van der Waals surface area contributed by atoms with Crippen LogP contribution in [-0.2, 0) is 19.1 Å². The van der Waals surface area contributed by atoms with Crippen molar-refractivity contribution in [3.8, 4) is 0 Å². The number of carbonyl (C=O) groups is 3. The number of ether oxygens (including phenoxy) is 1. The van der Waals surface area contributed by atoms with Gasteiger partial charge in [0.05, 0.1) is 5.60 Å². The summed E-state index contributed by atoms with van der Waals surface area (Å²) in [5.74, 6) is 0.139. The minimum absolute atomic E-state index is 0.0999. The van der Waals surface area contributed by atoms with Crippen LogP contribution in [0, 0.1) is 11.8 Å². The standard InChI is InChI=1S/C17H32N2O4/c1-7-23-17(5,6)11-18-15(21)8-9-19(12-20)16(22)10-14(4)13(2)3/h12-14H,7-11H2,1-6H3,(H,18,21). The van der Waals surface area contributed by atoms with Crippen LogP contribution >= 0.6 is 0 Å². The lowest BCUT2D eigenvalue weighted by Crippen LogP contribution is -2.42. The molecule has 0 saturated carbocycles. The summed E-state index contributed by atoms with van der Waals surface area (Å²) in [6.07, 6.45) is 0.922. The molecular weight excluding hydrogens is 296 g/mol. The molecule has 0 bridgehead atoms. The Morgan fingerprint density at radius 3 is 2.35 bits per heavy atom. The summed E-state index contributed by atoms with van der Waals surface area (Å²) >= 11 is 0. The van der Waals surface area contributed by atoms with E-state index in [4.69, 9.17) is 4.74 Å². The number of hydrogen-bond acceptors (Lipinski definition) is 4. The van der Waals surface area contributed by atoms with Gasteiger partial charge in [-0.05, 0) is 32.6 Å². The van der Waals surface area contributed by atoms with Crippen molar-refractivity contribution in [1.82, 2.24) is 10.2 Å². The summed E-state index contributed by atoms with van der Waals surface area (Å²) < 4.78 is 5.50. The highest BCUT2D eigenvalue weighted by molar-refractivity contribution is 5.87. The molecule has 3 amide bonds. The summed E-state index contributed by atoms with van der Waals surface area (Å²) in [5, 5.41) is 2.77. The van der Waals surface area contributed by atoms with E-state index in [0.717, 1.165) is 4.90 Å². The van der Waals surface area contributed by atoms with E-state index in [1.54, 1.807) is 0 Å². The second-order valence-electron chi connectivity index (χ2n) is 6.84. The first kappa shape index (κ1) is 21.6. The van der Waals surface area contributed by atoms with E-state index < -0.39 is 5.60 Å². The SMILES string of the molecule is CCOC(C)(C)CNC(=O)CCN(C=O)C(=O)CC(C)C(C)C. The van der Waals surface area contributed by atoms with Gasteiger partial charge in [-0.3, -0.25) is 19.3 Å². The van der Waals surface area contributed by atoms with Crippen molar-refractivity contribution >= 4 is 18.2 Å². The fourth-order valence-electron chi connectivity index (χ4n) is 1.93. The predicted molar refractivity (Wildman–Crippen MR) is 89.7 cm³/mol. The fourth-order valence-corrected chi connectivity index (χ4v) is 1.93. The third kappa shape index (κ3) is 9.33. The molecule has 6 heteroatoms. The Morgan fingerprint density at radius 2 is 1.87 bits per heavy atom. The Labute approximate surface area is 139 Å². The minimum Gasteiger partial charge on any atom is -0.374 e. The Hall–Kier alpha value is -1.43. The van der Waals surface area contributed by atoms with Gasteiger partial charge in [0.1, 0.15) is 0 Å². The van der Waals surface area contributed by atoms with Crippen LogP contribution in [0.4, 0.5) is 0 Å². The van der Waals surface area contributed by atoms with E-state index >= 15 is 0 Å². The summed E-state index contributed by atoms with van der Waals surface area (Å²) in [4.78, 5) is 36.0. The van der Waals surface area contributed by atoms with Crippen molar-refractivity contribution in [1.29, 1.82) is 0 Å². The zero-order valence-electron chi connectivity index (χ0n) is 15.3. The molecule has 1 atom stereocenters. The number of nitrogens with one attached hydrogen (secondary N) is 1. The van der Waals surface area contributed by atoms with Gasteiger partial charge in [0.15, 0.2) is 0 Å². The highest BCUT2D eigenvalue weighted by Crippen LogP contribution is 2.15. The van der Waals surface area contributed by atoms with Crippen LogP contribution in [0.1, 0.15) is 54.4 Å². The highest BCUT2D eigenvalue weighted by Gasteiger charge is 2.21. The quantitative estimate of drug-likeness (QED) is 0.588. The molecule has 1 N–H and O–H groups in total. The zero-order valence-corrected chi connectivity index (χ0v) is 15.3. The molecule has 134 valence electrons. The topological polar surface area (TPSA) is 75.7 Å². The molecule has 0 aromatic rings. The largest absolute Gasteiger partial charge is 0.374 e. The van der Waals surface area contributed by atoms with E-state index in [2.05, 4.69) is 5.32 Å². The smallest absolute Gasteiger partial charge is 0.229 e. The third-order valence-electron chi connectivity index (χ3n) is 3.91. The number of imide groups is 1. The number of hydrogen-bond donors (Lipinski definition) is 1. The van der Waals surface area contributed by atoms with E-state index in [1.807, 2.05) is 41.5 Å². The first-order valence-electron chi connectivity index (χ1n) is 8.28. The lowest BCUT2D eigenvalue weighted by atomic mass is 9.94. The first-order chi connectivity index (χ1) is 10.6. The van der Waals surface area contributed by atoms with Crippen molar-refractivity contribution in [3.05, 3.63) is 0 Å². The summed E-state index contributed by atoms with van der Waals surface area (Å²) in [5.41, 5.74) is -0.433. The van der Waals surface area contributed by atoms with Crippen molar-refractivity contribution in [2.45, 2.75) is 60.0 Å². The molecule has 0 aromatic carbocycles. The Bertz CT molecular complexity index is 394. The van der Waals surface area contributed by atoms with Crippen molar-refractivity contribution in [2.24, 2.45) is 11.8 Å². The molecule has 0 aliphatic carbocycles. The van der Waals surface area contributed by atoms with E-state index in [1.165, 1.54) is 0 Å². The maximum Gasteiger partial charge on any atom is 0.229 e. The van der Waals surface area contributed by atoms with Crippen LogP contribution in [0.2, 0.25) is 0 Å². The molecule has 0 aliphatic heterocycles. The molecule has 1 unspecified atom stereocenters. The number of carbonyl (C=O) groups excluding carboxylic acids is 3. The molecular formula is C17H32N2O4. The maximum absolute atomic E-state index is 12.0. The monoisotopic (exact) mass is 328 g/mol. The second kappa shape index (κ2) is 10.4. The minimum atomic E-state index is -0.433. The number of rotatable bonds is 11. The average molecular weight is 328 g/mol. The Morgan fingerprint density at radius 1 is 1.26 bits per heavy atom. The maximum atomic E-state index is 12.0. The van der Waals surface area contributed by atoms with Gasteiger partial charge < -0.3 is 10.1 Å². The van der Waals surface area contributed by atoms with Gasteiger partial charge in [-0.25, -0.2) is 0 Å². The van der Waals surface area contributed by atoms with Crippen LogP contribution in [-0.4, -0.2) is 48.4 Å². The van der Waals surface area contributed by atoms with Crippen molar-refractivity contribution < 1.29 is 19.1 Å². The molecule has 0 heterocycles. The number of amides is 3. The third-order valence-corrected chi connectivity index (χ3v) is 3.91. The molecule has 0 aromatic heterocycles. The first-order valence-corrected chi connectivity index (χ1v) is 8.28. The van der Waals surface area contributed by atoms with Gasteiger partial charge in [-0.1, -0.05) is 20.8 Å². The average Bonchev–Trinajstić information content (AvgIpc) is 2.45. The molecule has 0 radical (unpaired) electrons. The van der Waals surface area contributed by atoms with E-state index in [0.29, 0.717) is 31.9 Å². The van der Waals surface area contributed by atoms with Gasteiger partial charge in [0.2, 0.25) is 18.2 Å². The second-order valence-corrected chi connectivity index (χ2v) is 6.84. The fraction of sp³-hybridized carbons (Fsp3) is 0.824. The van der Waals surface area contributed by atoms with Gasteiger partial charge >= 0.3 is 0 Å². The van der Waals surface area contributed by atoms with Gasteiger partial charge in [-0.15, -0.1) is 0 Å². The predicted octanol–water partition coefficient (Wildman–Crippen LogP) is 1.97. The Kier molecular flexibility index (Phi) is 9.72. The van der Waals surface area contributed by atoms with E-state index in [-0.39, 0.29) is 30.7 Å². The van der Waals surface area contributed by atoms with Crippen molar-refractivity contribution in [3.63, 3.8) is 0 Å². The molecule has 0 saturated heterocycles. The summed E-state index contributed by atoms with van der Waals surface area (Å²) in [7, 11) is 0. The molecule has 0 spiro atoms. The molecule has 6 nitrogen and oxygen atoms in total. The summed E-state index contributed by atoms with van der Waals surface area (Å²) in [6.45, 7) is 12.8. The molecule has 0 rings (SSSR count). The highest BCUT2D eigenvalue weighted by atomic mass is 16.5. The van der Waals surface area contributed by atoms with Gasteiger partial charge in [0, 0.05) is 32.5 Å².